The van der Waals surface area contributed by atoms with Crippen LogP contribution in [-0.2, 0) is 6.42 Å². The number of anilines is 2. The van der Waals surface area contributed by atoms with E-state index in [4.69, 9.17) is 4.98 Å². The highest BCUT2D eigenvalue weighted by atomic mass is 16.3. The first-order valence-corrected chi connectivity index (χ1v) is 11.3. The standard InChI is InChI=1S/C26H29N5O2/c1-17-12-21(15-27-14-17)26(33)30-22-5-3-4-20(13-22)18(2)29-25-16-28-23-8-6-19(10-11-32)7-9-24(23)31-25/h3-6,8,12-16,18-19,32H,7,9-11H2,1-2H3,(H,29,31)(H,30,33)/t18-,19?/m0/s1. The molecule has 1 aromatic carbocycles. The number of pyridine rings is 1. The largest absolute Gasteiger partial charge is 0.396 e. The second-order valence-corrected chi connectivity index (χ2v) is 8.45. The SMILES string of the molecule is Cc1cncc(C(=O)Nc2cccc([C@H](C)Nc3cnc4c(n3)CCC(CCO)C=C4)c2)c1. The Balaban J connectivity index is 1.43. The number of hydrogen-bond donors (Lipinski definition) is 3. The van der Waals surface area contributed by atoms with E-state index in [1.807, 2.05) is 43.3 Å². The van der Waals surface area contributed by atoms with Gasteiger partial charge in [0.1, 0.15) is 5.82 Å². The minimum atomic E-state index is -0.187. The molecule has 0 fully saturated rings. The molecule has 33 heavy (non-hydrogen) atoms. The Morgan fingerprint density at radius 2 is 2.12 bits per heavy atom. The van der Waals surface area contributed by atoms with Gasteiger partial charge in [-0.05, 0) is 74.4 Å². The molecule has 4 rings (SSSR count). The lowest BCUT2D eigenvalue weighted by Crippen LogP contribution is -2.14. The lowest BCUT2D eigenvalue weighted by atomic mass is 10.0. The molecule has 1 aliphatic carbocycles. The summed E-state index contributed by atoms with van der Waals surface area (Å²) in [6.45, 7) is 4.15. The van der Waals surface area contributed by atoms with Crippen molar-refractivity contribution in [2.24, 2.45) is 5.92 Å². The zero-order chi connectivity index (χ0) is 23.2. The van der Waals surface area contributed by atoms with E-state index in [9.17, 15) is 9.90 Å². The van der Waals surface area contributed by atoms with E-state index in [1.54, 1.807) is 18.6 Å². The molecule has 170 valence electrons. The Hall–Kier alpha value is -3.58. The van der Waals surface area contributed by atoms with Gasteiger partial charge in [-0.1, -0.05) is 18.2 Å². The number of benzene rings is 1. The molecule has 7 heteroatoms. The average molecular weight is 444 g/mol. The lowest BCUT2D eigenvalue weighted by molar-refractivity contribution is 0.102. The molecule has 0 bridgehead atoms. The van der Waals surface area contributed by atoms with E-state index in [0.29, 0.717) is 11.5 Å². The van der Waals surface area contributed by atoms with Gasteiger partial charge in [0, 0.05) is 24.7 Å². The molecule has 1 amide bonds. The molecule has 1 aliphatic rings. The van der Waals surface area contributed by atoms with Crippen molar-refractivity contribution in [3.05, 3.63) is 83.1 Å². The average Bonchev–Trinajstić information content (AvgIpc) is 3.01. The van der Waals surface area contributed by atoms with E-state index in [2.05, 4.69) is 33.6 Å². The van der Waals surface area contributed by atoms with E-state index < -0.39 is 0 Å². The Kier molecular flexibility index (Phi) is 7.10. The van der Waals surface area contributed by atoms with Crippen molar-refractivity contribution in [1.82, 2.24) is 15.0 Å². The van der Waals surface area contributed by atoms with Crippen molar-refractivity contribution in [1.29, 1.82) is 0 Å². The zero-order valence-corrected chi connectivity index (χ0v) is 19.0. The van der Waals surface area contributed by atoms with Crippen molar-refractivity contribution in [2.75, 3.05) is 17.2 Å². The second kappa shape index (κ2) is 10.4. The van der Waals surface area contributed by atoms with Crippen LogP contribution in [0.1, 0.15) is 58.7 Å². The molecule has 2 aromatic heterocycles. The number of allylic oxidation sites excluding steroid dienone is 1. The molecule has 2 heterocycles. The first-order valence-electron chi connectivity index (χ1n) is 11.3. The molecule has 0 spiro atoms. The highest BCUT2D eigenvalue weighted by molar-refractivity contribution is 6.04. The second-order valence-electron chi connectivity index (χ2n) is 8.45. The molecule has 0 saturated heterocycles. The van der Waals surface area contributed by atoms with E-state index >= 15 is 0 Å². The van der Waals surface area contributed by atoms with Crippen LogP contribution in [0.2, 0.25) is 0 Å². The number of nitrogens with zero attached hydrogens (tertiary/aromatic N) is 3. The lowest BCUT2D eigenvalue weighted by Gasteiger charge is -2.17. The van der Waals surface area contributed by atoms with Gasteiger partial charge in [-0.25, -0.2) is 4.98 Å². The molecule has 3 aromatic rings. The maximum Gasteiger partial charge on any atom is 0.257 e. The summed E-state index contributed by atoms with van der Waals surface area (Å²) in [4.78, 5) is 26.0. The van der Waals surface area contributed by atoms with Crippen LogP contribution in [0.25, 0.3) is 6.08 Å². The molecular weight excluding hydrogens is 414 g/mol. The highest BCUT2D eigenvalue weighted by Crippen LogP contribution is 2.25. The van der Waals surface area contributed by atoms with Gasteiger partial charge in [-0.2, -0.15) is 0 Å². The number of fused-ring (bicyclic) bond motifs is 1. The van der Waals surface area contributed by atoms with Gasteiger partial charge >= 0.3 is 0 Å². The van der Waals surface area contributed by atoms with E-state index in [1.165, 1.54) is 0 Å². The van der Waals surface area contributed by atoms with E-state index in [-0.39, 0.29) is 18.6 Å². The van der Waals surface area contributed by atoms with Crippen LogP contribution < -0.4 is 10.6 Å². The van der Waals surface area contributed by atoms with Crippen molar-refractivity contribution < 1.29 is 9.90 Å². The van der Waals surface area contributed by atoms with Gasteiger partial charge in [0.15, 0.2) is 0 Å². The van der Waals surface area contributed by atoms with Crippen LogP contribution in [0.4, 0.5) is 11.5 Å². The number of aliphatic hydroxyl groups excluding tert-OH is 1. The molecule has 1 unspecified atom stereocenters. The molecule has 7 nitrogen and oxygen atoms in total. The summed E-state index contributed by atoms with van der Waals surface area (Å²) in [6.07, 6.45) is 11.7. The topological polar surface area (TPSA) is 100 Å². The number of aromatic nitrogens is 3. The van der Waals surface area contributed by atoms with Gasteiger partial charge in [-0.15, -0.1) is 0 Å². The summed E-state index contributed by atoms with van der Waals surface area (Å²) in [7, 11) is 0. The first-order chi connectivity index (χ1) is 16.0. The number of carbonyl (C=O) groups is 1. The minimum absolute atomic E-state index is 0.0294. The van der Waals surface area contributed by atoms with Crippen LogP contribution in [0.3, 0.4) is 0 Å². The van der Waals surface area contributed by atoms with Gasteiger partial charge in [-0.3, -0.25) is 14.8 Å². The number of rotatable bonds is 7. The van der Waals surface area contributed by atoms with Crippen molar-refractivity contribution in [2.45, 2.75) is 39.2 Å². The Morgan fingerprint density at radius 1 is 1.24 bits per heavy atom. The molecule has 2 atom stereocenters. The summed E-state index contributed by atoms with van der Waals surface area (Å²) in [6, 6.07) is 9.55. The minimum Gasteiger partial charge on any atom is -0.396 e. The predicted octanol–water partition coefficient (Wildman–Crippen LogP) is 4.56. The molecule has 0 aliphatic heterocycles. The first kappa shape index (κ1) is 22.6. The number of nitrogens with one attached hydrogen (secondary N) is 2. The fourth-order valence-electron chi connectivity index (χ4n) is 3.95. The Bertz CT molecular complexity index is 1160. The number of amides is 1. The molecular formula is C26H29N5O2. The number of aryl methyl sites for hydroxylation is 2. The third-order valence-corrected chi connectivity index (χ3v) is 5.80. The van der Waals surface area contributed by atoms with Crippen LogP contribution in [-0.4, -0.2) is 32.6 Å². The number of aliphatic hydroxyl groups is 1. The van der Waals surface area contributed by atoms with Crippen LogP contribution in [0.15, 0.2) is 55.0 Å². The van der Waals surface area contributed by atoms with Crippen molar-refractivity contribution in [3.63, 3.8) is 0 Å². The molecule has 0 radical (unpaired) electrons. The van der Waals surface area contributed by atoms with Gasteiger partial charge < -0.3 is 15.7 Å². The van der Waals surface area contributed by atoms with Crippen LogP contribution in [0, 0.1) is 12.8 Å². The molecule has 0 saturated carbocycles. The van der Waals surface area contributed by atoms with Gasteiger partial charge in [0.05, 0.1) is 29.2 Å². The molecule has 3 N–H and O–H groups in total. The smallest absolute Gasteiger partial charge is 0.257 e. The number of hydrogen-bond acceptors (Lipinski definition) is 6. The maximum atomic E-state index is 12.6. The Labute approximate surface area is 194 Å². The van der Waals surface area contributed by atoms with Crippen LogP contribution in [0.5, 0.6) is 0 Å². The van der Waals surface area contributed by atoms with Crippen LogP contribution >= 0.6 is 0 Å². The summed E-state index contributed by atoms with van der Waals surface area (Å²) >= 11 is 0. The van der Waals surface area contributed by atoms with Crippen molar-refractivity contribution >= 4 is 23.5 Å². The highest BCUT2D eigenvalue weighted by Gasteiger charge is 2.15. The summed E-state index contributed by atoms with van der Waals surface area (Å²) in [5, 5.41) is 15.6. The summed E-state index contributed by atoms with van der Waals surface area (Å²) < 4.78 is 0. The Morgan fingerprint density at radius 3 is 2.94 bits per heavy atom. The fraction of sp³-hybridized carbons (Fsp3) is 0.308. The van der Waals surface area contributed by atoms with Gasteiger partial charge in [0.25, 0.3) is 5.91 Å². The fourth-order valence-corrected chi connectivity index (χ4v) is 3.95. The van der Waals surface area contributed by atoms with E-state index in [0.717, 1.165) is 53.3 Å². The van der Waals surface area contributed by atoms with Gasteiger partial charge in [0.2, 0.25) is 0 Å². The number of carbonyl (C=O) groups excluding carboxylic acids is 1. The van der Waals surface area contributed by atoms with Crippen molar-refractivity contribution in [3.8, 4) is 0 Å². The quantitative estimate of drug-likeness (QED) is 0.495. The zero-order valence-electron chi connectivity index (χ0n) is 19.0. The third-order valence-electron chi connectivity index (χ3n) is 5.80. The monoisotopic (exact) mass is 443 g/mol. The summed E-state index contributed by atoms with van der Waals surface area (Å²) in [5.74, 6) is 0.888. The summed E-state index contributed by atoms with van der Waals surface area (Å²) in [5.41, 5.74) is 5.08. The third kappa shape index (κ3) is 5.81. The predicted molar refractivity (Wildman–Crippen MR) is 130 cm³/mol. The normalized spacial score (nSPS) is 15.9. The maximum absolute atomic E-state index is 12.6.